The van der Waals surface area contributed by atoms with Crippen LogP contribution in [0.2, 0.25) is 0 Å². The first-order valence-corrected chi connectivity index (χ1v) is 9.41. The molecule has 11 heteroatoms. The number of methoxy groups -OCH3 is 1. The Hall–Kier alpha value is -3.37. The summed E-state index contributed by atoms with van der Waals surface area (Å²) in [4.78, 5) is 34.4. The number of fused-ring (bicyclic) bond motifs is 1. The molecule has 0 unspecified atom stereocenters. The van der Waals surface area contributed by atoms with Crippen molar-refractivity contribution in [3.63, 3.8) is 0 Å². The number of rotatable bonds is 4. The number of nitrogens with zero attached hydrogens (tertiary/aromatic N) is 4. The number of esters is 1. The van der Waals surface area contributed by atoms with Crippen LogP contribution in [-0.4, -0.2) is 54.5 Å². The molecule has 1 N–H and O–H groups in total. The van der Waals surface area contributed by atoms with Gasteiger partial charge in [0.2, 0.25) is 5.95 Å². The quantitative estimate of drug-likeness (QED) is 0.735. The van der Waals surface area contributed by atoms with Gasteiger partial charge in [-0.1, -0.05) is 0 Å². The molecule has 2 heterocycles. The molecule has 0 spiro atoms. The molecule has 0 saturated heterocycles. The molecule has 0 radical (unpaired) electrons. The van der Waals surface area contributed by atoms with Crippen molar-refractivity contribution in [2.75, 3.05) is 35.8 Å². The van der Waals surface area contributed by atoms with Crippen LogP contribution in [0, 0.1) is 12.7 Å². The smallest absolute Gasteiger partial charge is 0.342 e. The van der Waals surface area contributed by atoms with Gasteiger partial charge in [0.05, 0.1) is 25.4 Å². The molecule has 31 heavy (non-hydrogen) atoms. The van der Waals surface area contributed by atoms with E-state index in [0.717, 1.165) is 18.1 Å². The van der Waals surface area contributed by atoms with Crippen LogP contribution in [0.4, 0.5) is 36.3 Å². The van der Waals surface area contributed by atoms with Crippen LogP contribution in [0.25, 0.3) is 0 Å². The number of benzene rings is 1. The standard InChI is InChI=1S/C20H22F3N5O3/c1-10(2)28-9-20(22,23)18(30)27(4)15-8-24-19(26-16(15)28)25-14-7-13(21)12(6-11(14)3)17(29)31-5/h6-8,10H,9H2,1-5H3,(H,24,25,26). The zero-order chi connectivity index (χ0) is 23.1. The summed E-state index contributed by atoms with van der Waals surface area (Å²) >= 11 is 0. The molecule has 166 valence electrons. The highest BCUT2D eigenvalue weighted by atomic mass is 19.3. The number of ether oxygens (including phenoxy) is 1. The minimum atomic E-state index is -3.60. The number of carbonyl (C=O) groups excluding carboxylic acids is 2. The van der Waals surface area contributed by atoms with Crippen molar-refractivity contribution in [1.82, 2.24) is 9.97 Å². The monoisotopic (exact) mass is 437 g/mol. The Labute approximate surface area is 177 Å². The predicted octanol–water partition coefficient (Wildman–Crippen LogP) is 3.28. The molecule has 8 nitrogen and oxygen atoms in total. The van der Waals surface area contributed by atoms with Gasteiger partial charge in [-0.25, -0.2) is 14.2 Å². The Bertz CT molecular complexity index is 1040. The van der Waals surface area contributed by atoms with Crippen LogP contribution >= 0.6 is 0 Å². The number of halogens is 3. The summed E-state index contributed by atoms with van der Waals surface area (Å²) in [7, 11) is 2.39. The topological polar surface area (TPSA) is 87.7 Å². The first-order chi connectivity index (χ1) is 14.5. The summed E-state index contributed by atoms with van der Waals surface area (Å²) in [6.07, 6.45) is 1.26. The second-order valence-electron chi connectivity index (χ2n) is 7.46. The van der Waals surface area contributed by atoms with Gasteiger partial charge in [-0.05, 0) is 38.5 Å². The summed E-state index contributed by atoms with van der Waals surface area (Å²) in [5.41, 5.74) is 0.705. The van der Waals surface area contributed by atoms with E-state index < -0.39 is 30.2 Å². The third kappa shape index (κ3) is 4.12. The summed E-state index contributed by atoms with van der Waals surface area (Å²) in [5, 5.41) is 2.84. The molecule has 0 atom stereocenters. The second kappa shape index (κ2) is 8.05. The van der Waals surface area contributed by atoms with Gasteiger partial charge >= 0.3 is 11.9 Å². The molecule has 1 aromatic heterocycles. The lowest BCUT2D eigenvalue weighted by atomic mass is 10.1. The average Bonchev–Trinajstić information content (AvgIpc) is 2.79. The summed E-state index contributed by atoms with van der Waals surface area (Å²) in [6, 6.07) is 2.03. The summed E-state index contributed by atoms with van der Waals surface area (Å²) < 4.78 is 47.6. The van der Waals surface area contributed by atoms with Crippen molar-refractivity contribution >= 4 is 35.0 Å². The van der Waals surface area contributed by atoms with E-state index >= 15 is 0 Å². The Morgan fingerprint density at radius 2 is 2.00 bits per heavy atom. The first-order valence-electron chi connectivity index (χ1n) is 9.41. The number of carbonyl (C=O) groups is 2. The Morgan fingerprint density at radius 1 is 1.32 bits per heavy atom. The number of anilines is 4. The summed E-state index contributed by atoms with van der Waals surface area (Å²) in [6.45, 7) is 4.22. The maximum absolute atomic E-state index is 14.4. The van der Waals surface area contributed by atoms with Gasteiger partial charge < -0.3 is 19.9 Å². The van der Waals surface area contributed by atoms with Crippen LogP contribution in [0.5, 0.6) is 0 Å². The number of hydrogen-bond donors (Lipinski definition) is 1. The zero-order valence-corrected chi connectivity index (χ0v) is 17.7. The van der Waals surface area contributed by atoms with Crippen LogP contribution in [0.15, 0.2) is 18.3 Å². The molecular formula is C20H22F3N5O3. The van der Waals surface area contributed by atoms with E-state index in [4.69, 9.17) is 0 Å². The van der Waals surface area contributed by atoms with Crippen molar-refractivity contribution in [1.29, 1.82) is 0 Å². The van der Waals surface area contributed by atoms with Gasteiger partial charge in [0.1, 0.15) is 11.5 Å². The number of aryl methyl sites for hydroxylation is 1. The molecule has 0 fully saturated rings. The van der Waals surface area contributed by atoms with Gasteiger partial charge in [-0.15, -0.1) is 0 Å². The highest BCUT2D eigenvalue weighted by Gasteiger charge is 2.47. The van der Waals surface area contributed by atoms with E-state index in [9.17, 15) is 22.8 Å². The molecule has 1 aromatic carbocycles. The molecule has 0 saturated carbocycles. The van der Waals surface area contributed by atoms with Crippen LogP contribution in [-0.2, 0) is 9.53 Å². The fraction of sp³-hybridized carbons (Fsp3) is 0.400. The number of alkyl halides is 2. The molecule has 1 aliphatic heterocycles. The van der Waals surface area contributed by atoms with Gasteiger partial charge in [0.15, 0.2) is 5.82 Å². The lowest BCUT2D eigenvalue weighted by Gasteiger charge is -2.29. The second-order valence-corrected chi connectivity index (χ2v) is 7.46. The maximum atomic E-state index is 14.4. The molecule has 2 aromatic rings. The van der Waals surface area contributed by atoms with E-state index in [1.165, 1.54) is 24.2 Å². The van der Waals surface area contributed by atoms with Gasteiger partial charge in [0, 0.05) is 18.8 Å². The average molecular weight is 437 g/mol. The summed E-state index contributed by atoms with van der Waals surface area (Å²) in [5.74, 6) is -6.40. The molecule has 1 amide bonds. The number of amides is 1. The van der Waals surface area contributed by atoms with Crippen molar-refractivity contribution in [2.45, 2.75) is 32.7 Å². The van der Waals surface area contributed by atoms with Gasteiger partial charge in [-0.3, -0.25) is 4.79 Å². The fourth-order valence-corrected chi connectivity index (χ4v) is 3.22. The zero-order valence-electron chi connectivity index (χ0n) is 17.7. The molecule has 0 bridgehead atoms. The van der Waals surface area contributed by atoms with Crippen LogP contribution in [0.1, 0.15) is 29.8 Å². The van der Waals surface area contributed by atoms with E-state index in [1.807, 2.05) is 0 Å². The maximum Gasteiger partial charge on any atom is 0.342 e. The van der Waals surface area contributed by atoms with Crippen LogP contribution in [0.3, 0.4) is 0 Å². The number of aromatic nitrogens is 2. The van der Waals surface area contributed by atoms with E-state index in [0.29, 0.717) is 5.56 Å². The van der Waals surface area contributed by atoms with E-state index in [2.05, 4.69) is 20.0 Å². The normalized spacial score (nSPS) is 15.6. The van der Waals surface area contributed by atoms with Gasteiger partial charge in [-0.2, -0.15) is 13.8 Å². The largest absolute Gasteiger partial charge is 0.465 e. The molecule has 1 aliphatic rings. The molecule has 0 aliphatic carbocycles. The highest BCUT2D eigenvalue weighted by Crippen LogP contribution is 2.36. The van der Waals surface area contributed by atoms with E-state index in [-0.39, 0.29) is 34.7 Å². The van der Waals surface area contributed by atoms with Gasteiger partial charge in [0.25, 0.3) is 5.91 Å². The molecular weight excluding hydrogens is 415 g/mol. The molecule has 3 rings (SSSR count). The third-order valence-corrected chi connectivity index (χ3v) is 4.96. The minimum Gasteiger partial charge on any atom is -0.465 e. The lowest BCUT2D eigenvalue weighted by Crippen LogP contribution is -2.47. The Balaban J connectivity index is 2.03. The Kier molecular flexibility index (Phi) is 5.79. The lowest BCUT2D eigenvalue weighted by molar-refractivity contribution is -0.140. The van der Waals surface area contributed by atoms with E-state index in [1.54, 1.807) is 20.8 Å². The minimum absolute atomic E-state index is 0.0174. The SMILES string of the molecule is COC(=O)c1cc(C)c(Nc2ncc3c(n2)N(C(C)C)CC(F)(F)C(=O)N3C)cc1F. The number of nitrogens with one attached hydrogen (secondary N) is 1. The predicted molar refractivity (Wildman–Crippen MR) is 109 cm³/mol. The highest BCUT2D eigenvalue weighted by molar-refractivity contribution is 6.02. The Morgan fingerprint density at radius 3 is 2.61 bits per heavy atom. The van der Waals surface area contributed by atoms with Crippen molar-refractivity contribution in [3.8, 4) is 0 Å². The number of hydrogen-bond acceptors (Lipinski definition) is 7. The van der Waals surface area contributed by atoms with Crippen LogP contribution < -0.4 is 15.1 Å². The van der Waals surface area contributed by atoms with Crippen molar-refractivity contribution in [3.05, 3.63) is 35.3 Å². The van der Waals surface area contributed by atoms with Crippen molar-refractivity contribution in [2.24, 2.45) is 0 Å². The first kappa shape index (κ1) is 22.3. The van der Waals surface area contributed by atoms with Crippen molar-refractivity contribution < 1.29 is 27.5 Å². The fourth-order valence-electron chi connectivity index (χ4n) is 3.22. The third-order valence-electron chi connectivity index (χ3n) is 4.96.